The molecule has 1 atom stereocenters. The summed E-state index contributed by atoms with van der Waals surface area (Å²) in [5.74, 6) is 0. The van der Waals surface area contributed by atoms with E-state index in [1.54, 1.807) is 6.20 Å². The highest BCUT2D eigenvalue weighted by Gasteiger charge is 2.03. The van der Waals surface area contributed by atoms with Crippen LogP contribution in [0.5, 0.6) is 0 Å². The molecule has 0 spiro atoms. The molecule has 1 aromatic heterocycles. The van der Waals surface area contributed by atoms with Crippen molar-refractivity contribution in [2.24, 2.45) is 0 Å². The molecule has 0 aromatic carbocycles. The second kappa shape index (κ2) is 6.58. The molecular formula is C11H22N4. The molecular weight excluding hydrogens is 188 g/mol. The van der Waals surface area contributed by atoms with E-state index in [1.807, 2.05) is 6.07 Å². The van der Waals surface area contributed by atoms with E-state index in [0.717, 1.165) is 26.1 Å². The van der Waals surface area contributed by atoms with Crippen molar-refractivity contribution in [1.82, 2.24) is 20.4 Å². The molecule has 0 bridgehead atoms. The maximum atomic E-state index is 3.92. The number of nitrogens with one attached hydrogen (secondary N) is 2. The lowest BCUT2D eigenvalue weighted by molar-refractivity contribution is 0.311. The van der Waals surface area contributed by atoms with Gasteiger partial charge in [0.15, 0.2) is 0 Å². The molecule has 0 aliphatic carbocycles. The molecule has 0 fully saturated rings. The third-order valence-corrected chi connectivity index (χ3v) is 2.57. The Hall–Kier alpha value is -0.870. The standard InChI is InChI=1S/C11H22N4/c1-4-15(3)9-10(2)12-7-5-11-6-8-13-14-11/h6,8,10,12H,4-5,7,9H2,1-3H3,(H,13,14). The maximum absolute atomic E-state index is 3.92. The fraction of sp³-hybridized carbons (Fsp3) is 0.727. The zero-order valence-corrected chi connectivity index (χ0v) is 9.95. The lowest BCUT2D eigenvalue weighted by Crippen LogP contribution is -2.38. The van der Waals surface area contributed by atoms with Gasteiger partial charge < -0.3 is 10.2 Å². The van der Waals surface area contributed by atoms with Crippen molar-refractivity contribution >= 4 is 0 Å². The molecule has 0 saturated heterocycles. The predicted molar refractivity (Wildman–Crippen MR) is 62.9 cm³/mol. The van der Waals surface area contributed by atoms with Crippen LogP contribution in [0.15, 0.2) is 12.3 Å². The Labute approximate surface area is 92.1 Å². The third kappa shape index (κ3) is 4.95. The second-order valence-corrected chi connectivity index (χ2v) is 4.04. The quantitative estimate of drug-likeness (QED) is 0.702. The summed E-state index contributed by atoms with van der Waals surface area (Å²) in [7, 11) is 2.15. The minimum Gasteiger partial charge on any atom is -0.313 e. The number of hydrogen-bond donors (Lipinski definition) is 2. The minimum absolute atomic E-state index is 0.540. The van der Waals surface area contributed by atoms with Gasteiger partial charge in [-0.2, -0.15) is 5.10 Å². The second-order valence-electron chi connectivity index (χ2n) is 4.04. The van der Waals surface area contributed by atoms with Gasteiger partial charge in [0.05, 0.1) is 0 Å². The summed E-state index contributed by atoms with van der Waals surface area (Å²) in [5, 5.41) is 10.4. The average Bonchev–Trinajstić information content (AvgIpc) is 2.70. The molecule has 1 aromatic rings. The van der Waals surface area contributed by atoms with Crippen LogP contribution in [-0.2, 0) is 6.42 Å². The number of aromatic amines is 1. The van der Waals surface area contributed by atoms with Crippen LogP contribution in [0.1, 0.15) is 19.5 Å². The van der Waals surface area contributed by atoms with Gasteiger partial charge in [-0.25, -0.2) is 0 Å². The summed E-state index contributed by atoms with van der Waals surface area (Å²) in [6, 6.07) is 2.56. The third-order valence-electron chi connectivity index (χ3n) is 2.57. The molecule has 4 nitrogen and oxygen atoms in total. The fourth-order valence-corrected chi connectivity index (χ4v) is 1.54. The molecule has 0 saturated carbocycles. The summed E-state index contributed by atoms with van der Waals surface area (Å²) < 4.78 is 0. The maximum Gasteiger partial charge on any atom is 0.0490 e. The SMILES string of the molecule is CCN(C)CC(C)NCCc1ccn[nH]1. The van der Waals surface area contributed by atoms with Crippen molar-refractivity contribution < 1.29 is 0 Å². The van der Waals surface area contributed by atoms with Crippen molar-refractivity contribution in [1.29, 1.82) is 0 Å². The number of aromatic nitrogens is 2. The van der Waals surface area contributed by atoms with Crippen LogP contribution in [0.3, 0.4) is 0 Å². The highest BCUT2D eigenvalue weighted by molar-refractivity contribution is 4.97. The van der Waals surface area contributed by atoms with Crippen LogP contribution in [-0.4, -0.2) is 47.8 Å². The van der Waals surface area contributed by atoms with Gasteiger partial charge in [0.1, 0.15) is 0 Å². The van der Waals surface area contributed by atoms with Gasteiger partial charge in [-0.05, 0) is 26.6 Å². The molecule has 0 amide bonds. The van der Waals surface area contributed by atoms with Crippen molar-refractivity contribution in [3.05, 3.63) is 18.0 Å². The van der Waals surface area contributed by atoms with Crippen molar-refractivity contribution in [3.63, 3.8) is 0 Å². The van der Waals surface area contributed by atoms with Gasteiger partial charge in [-0.15, -0.1) is 0 Å². The van der Waals surface area contributed by atoms with Gasteiger partial charge in [0.2, 0.25) is 0 Å². The van der Waals surface area contributed by atoms with Crippen molar-refractivity contribution in [3.8, 4) is 0 Å². The molecule has 0 radical (unpaired) electrons. The van der Waals surface area contributed by atoms with Crippen LogP contribution < -0.4 is 5.32 Å². The first-order valence-electron chi connectivity index (χ1n) is 5.62. The first-order chi connectivity index (χ1) is 7.22. The highest BCUT2D eigenvalue weighted by Crippen LogP contribution is 1.93. The molecule has 1 rings (SSSR count). The van der Waals surface area contributed by atoms with E-state index in [2.05, 4.69) is 41.3 Å². The molecule has 86 valence electrons. The van der Waals surface area contributed by atoms with E-state index in [9.17, 15) is 0 Å². The highest BCUT2D eigenvalue weighted by atomic mass is 15.1. The first-order valence-corrected chi connectivity index (χ1v) is 5.62. The minimum atomic E-state index is 0.540. The van der Waals surface area contributed by atoms with Crippen LogP contribution in [0, 0.1) is 0 Å². The molecule has 15 heavy (non-hydrogen) atoms. The van der Waals surface area contributed by atoms with Crippen LogP contribution in [0.2, 0.25) is 0 Å². The molecule has 4 heteroatoms. The van der Waals surface area contributed by atoms with E-state index in [-0.39, 0.29) is 0 Å². The number of likely N-dealkylation sites (N-methyl/N-ethyl adjacent to an activating group) is 1. The number of H-pyrrole nitrogens is 1. The molecule has 2 N–H and O–H groups in total. The van der Waals surface area contributed by atoms with Crippen LogP contribution >= 0.6 is 0 Å². The van der Waals surface area contributed by atoms with Gasteiger partial charge in [-0.1, -0.05) is 6.92 Å². The molecule has 0 aliphatic heterocycles. The smallest absolute Gasteiger partial charge is 0.0490 e. The van der Waals surface area contributed by atoms with Gasteiger partial charge in [0, 0.05) is 37.4 Å². The lowest BCUT2D eigenvalue weighted by Gasteiger charge is -2.20. The predicted octanol–water partition coefficient (Wildman–Crippen LogP) is 0.882. The van der Waals surface area contributed by atoms with E-state index in [0.29, 0.717) is 6.04 Å². The van der Waals surface area contributed by atoms with E-state index < -0.39 is 0 Å². The summed E-state index contributed by atoms with van der Waals surface area (Å²) in [6.07, 6.45) is 2.81. The van der Waals surface area contributed by atoms with E-state index in [1.165, 1.54) is 5.69 Å². The summed E-state index contributed by atoms with van der Waals surface area (Å²) in [5.41, 5.74) is 1.19. The monoisotopic (exact) mass is 210 g/mol. The largest absolute Gasteiger partial charge is 0.313 e. The Bertz CT molecular complexity index is 245. The number of nitrogens with zero attached hydrogens (tertiary/aromatic N) is 2. The summed E-state index contributed by atoms with van der Waals surface area (Å²) in [6.45, 7) is 7.60. The van der Waals surface area contributed by atoms with Gasteiger partial charge in [-0.3, -0.25) is 5.10 Å². The fourth-order valence-electron chi connectivity index (χ4n) is 1.54. The van der Waals surface area contributed by atoms with Crippen molar-refractivity contribution in [2.45, 2.75) is 26.3 Å². The Morgan fingerprint density at radius 3 is 3.00 bits per heavy atom. The summed E-state index contributed by atoms with van der Waals surface area (Å²) in [4.78, 5) is 2.31. The zero-order valence-electron chi connectivity index (χ0n) is 9.95. The normalized spacial score (nSPS) is 13.3. The Kier molecular flexibility index (Phi) is 5.36. The Morgan fingerprint density at radius 2 is 2.40 bits per heavy atom. The number of rotatable bonds is 7. The Morgan fingerprint density at radius 1 is 1.60 bits per heavy atom. The lowest BCUT2D eigenvalue weighted by atomic mass is 10.2. The van der Waals surface area contributed by atoms with Crippen molar-refractivity contribution in [2.75, 3.05) is 26.7 Å². The number of hydrogen-bond acceptors (Lipinski definition) is 3. The molecule has 1 heterocycles. The Balaban J connectivity index is 2.09. The average molecular weight is 210 g/mol. The van der Waals surface area contributed by atoms with E-state index in [4.69, 9.17) is 0 Å². The molecule has 1 unspecified atom stereocenters. The van der Waals surface area contributed by atoms with Crippen LogP contribution in [0.25, 0.3) is 0 Å². The van der Waals surface area contributed by atoms with Gasteiger partial charge >= 0.3 is 0 Å². The molecule has 0 aliphatic rings. The first kappa shape index (κ1) is 12.2. The summed E-state index contributed by atoms with van der Waals surface area (Å²) >= 11 is 0. The topological polar surface area (TPSA) is 44.0 Å². The van der Waals surface area contributed by atoms with E-state index >= 15 is 0 Å². The van der Waals surface area contributed by atoms with Crippen LogP contribution in [0.4, 0.5) is 0 Å². The van der Waals surface area contributed by atoms with Gasteiger partial charge in [0.25, 0.3) is 0 Å². The zero-order chi connectivity index (χ0) is 11.1.